The maximum absolute atomic E-state index is 11.2. The average molecular weight is 180 g/mol. The van der Waals surface area contributed by atoms with Crippen LogP contribution in [0.15, 0.2) is 11.6 Å². The molecule has 0 aromatic rings. The minimum absolute atomic E-state index is 3.07. The highest BCUT2D eigenvalue weighted by molar-refractivity contribution is 6.52. The lowest BCUT2D eigenvalue weighted by molar-refractivity contribution is -0.0896. The fourth-order valence-electron chi connectivity index (χ4n) is 0.313. The number of alkyl halides is 3. The molecule has 0 atom stereocenters. The second-order valence-electron chi connectivity index (χ2n) is 1.47. The lowest BCUT2D eigenvalue weighted by atomic mass is 9.85. The normalized spacial score (nSPS) is 11.2. The van der Waals surface area contributed by atoms with Gasteiger partial charge in [-0.3, -0.25) is 8.63 Å². The molecule has 0 unspecified atom stereocenters. The number of rotatable bonds is 1. The molecule has 0 N–H and O–H groups in total. The molecule has 0 bridgehead atoms. The van der Waals surface area contributed by atoms with Crippen LogP contribution < -0.4 is 0 Å². The molecular formula is C3BF7. The molecule has 0 rings (SSSR count). The van der Waals surface area contributed by atoms with Crippen LogP contribution >= 0.6 is 0 Å². The average Bonchev–Trinajstić information content (AvgIpc) is 1.54. The lowest BCUT2D eigenvalue weighted by Crippen LogP contribution is -2.22. The van der Waals surface area contributed by atoms with Crippen molar-refractivity contribution < 1.29 is 30.6 Å². The van der Waals surface area contributed by atoms with Gasteiger partial charge >= 0.3 is 13.4 Å². The smallest absolute Gasteiger partial charge is 0.281 e. The van der Waals surface area contributed by atoms with Crippen molar-refractivity contribution in [3.05, 3.63) is 11.6 Å². The molecule has 0 nitrogen and oxygen atoms in total. The van der Waals surface area contributed by atoms with Gasteiger partial charge in [0.05, 0.1) is 0 Å². The molecular weight excluding hydrogens is 180 g/mol. The summed E-state index contributed by atoms with van der Waals surface area (Å²) < 4.78 is 78.2. The summed E-state index contributed by atoms with van der Waals surface area (Å²) in [6, 6.07) is 0. The maximum atomic E-state index is 11.2. The third-order valence-electron chi connectivity index (χ3n) is 0.727. The van der Waals surface area contributed by atoms with Gasteiger partial charge in [-0.15, -0.1) is 0 Å². The van der Waals surface area contributed by atoms with Gasteiger partial charge in [0.1, 0.15) is 5.47 Å². The van der Waals surface area contributed by atoms with E-state index in [1.54, 1.807) is 0 Å². The molecule has 11 heavy (non-hydrogen) atoms. The molecule has 0 fully saturated rings. The number of allylic oxidation sites excluding steroid dienone is 1. The second kappa shape index (κ2) is 3.14. The summed E-state index contributed by atoms with van der Waals surface area (Å²) in [5.41, 5.74) is -3.07. The quantitative estimate of drug-likeness (QED) is 0.429. The van der Waals surface area contributed by atoms with Crippen molar-refractivity contribution in [1.29, 1.82) is 0 Å². The fraction of sp³-hybridized carbons (Fsp3) is 0.333. The van der Waals surface area contributed by atoms with E-state index >= 15 is 0 Å². The summed E-state index contributed by atoms with van der Waals surface area (Å²) in [5.74, 6) is 0. The summed E-state index contributed by atoms with van der Waals surface area (Å²) in [4.78, 5) is 0. The van der Waals surface area contributed by atoms with Crippen LogP contribution in [0.25, 0.3) is 0 Å². The van der Waals surface area contributed by atoms with Gasteiger partial charge in [-0.25, -0.2) is 0 Å². The summed E-state index contributed by atoms with van der Waals surface area (Å²) in [7, 11) is -4.19. The Hall–Kier alpha value is -0.685. The van der Waals surface area contributed by atoms with Crippen molar-refractivity contribution in [3.8, 4) is 0 Å². The molecule has 0 spiro atoms. The zero-order valence-electron chi connectivity index (χ0n) is 4.72. The second-order valence-corrected chi connectivity index (χ2v) is 1.47. The van der Waals surface area contributed by atoms with Crippen LogP contribution in [0.4, 0.5) is 30.6 Å². The number of hydrogen-bond donors (Lipinski definition) is 0. The molecule has 0 saturated heterocycles. The lowest BCUT2D eigenvalue weighted by Gasteiger charge is -2.05. The van der Waals surface area contributed by atoms with Crippen LogP contribution in [0.5, 0.6) is 0 Å². The van der Waals surface area contributed by atoms with Gasteiger partial charge in [0.2, 0.25) is 0 Å². The Labute approximate surface area is 56.9 Å². The molecule has 0 aromatic heterocycles. The van der Waals surface area contributed by atoms with Gasteiger partial charge in [-0.2, -0.15) is 22.0 Å². The Bertz CT molecular complexity index is 163. The molecule has 0 saturated carbocycles. The van der Waals surface area contributed by atoms with Gasteiger partial charge in [0.15, 0.2) is 0 Å². The first kappa shape index (κ1) is 10.3. The van der Waals surface area contributed by atoms with E-state index in [2.05, 4.69) is 0 Å². The van der Waals surface area contributed by atoms with Crippen LogP contribution in [0.3, 0.4) is 0 Å². The van der Waals surface area contributed by atoms with Crippen molar-refractivity contribution in [2.45, 2.75) is 6.18 Å². The van der Waals surface area contributed by atoms with Crippen molar-refractivity contribution in [1.82, 2.24) is 0 Å². The van der Waals surface area contributed by atoms with E-state index in [4.69, 9.17) is 0 Å². The SMILES string of the molecule is FB(F)C(=C(F)F)C(F)(F)F. The van der Waals surface area contributed by atoms with Crippen molar-refractivity contribution in [3.63, 3.8) is 0 Å². The minimum Gasteiger partial charge on any atom is -0.281 e. The Morgan fingerprint density at radius 1 is 1.00 bits per heavy atom. The molecule has 0 amide bonds. The highest BCUT2D eigenvalue weighted by Gasteiger charge is 2.47. The van der Waals surface area contributed by atoms with E-state index < -0.39 is 25.0 Å². The minimum atomic E-state index is -5.66. The monoisotopic (exact) mass is 180 g/mol. The van der Waals surface area contributed by atoms with Gasteiger partial charge < -0.3 is 0 Å². The fourth-order valence-corrected chi connectivity index (χ4v) is 0.313. The maximum Gasteiger partial charge on any atom is 0.582 e. The largest absolute Gasteiger partial charge is 0.582 e. The molecule has 64 valence electrons. The molecule has 8 heteroatoms. The summed E-state index contributed by atoms with van der Waals surface area (Å²) >= 11 is 0. The highest BCUT2D eigenvalue weighted by Crippen LogP contribution is 2.31. The van der Waals surface area contributed by atoms with E-state index in [-0.39, 0.29) is 0 Å². The Morgan fingerprint density at radius 3 is 1.36 bits per heavy atom. The van der Waals surface area contributed by atoms with E-state index in [0.29, 0.717) is 0 Å². The van der Waals surface area contributed by atoms with Crippen molar-refractivity contribution >= 4 is 7.27 Å². The van der Waals surface area contributed by atoms with Crippen LogP contribution in [0, 0.1) is 0 Å². The van der Waals surface area contributed by atoms with Crippen LogP contribution in [0.1, 0.15) is 0 Å². The number of hydrogen-bond acceptors (Lipinski definition) is 0. The summed E-state index contributed by atoms with van der Waals surface area (Å²) in [6.07, 6.45) is -9.06. The third kappa shape index (κ3) is 2.81. The zero-order valence-corrected chi connectivity index (χ0v) is 4.72. The van der Waals surface area contributed by atoms with E-state index in [1.165, 1.54) is 0 Å². The summed E-state index contributed by atoms with van der Waals surface area (Å²) in [6.45, 7) is 0. The highest BCUT2D eigenvalue weighted by atomic mass is 19.4. The first-order valence-corrected chi connectivity index (χ1v) is 2.17. The van der Waals surface area contributed by atoms with E-state index in [1.807, 2.05) is 0 Å². The first-order chi connectivity index (χ1) is 4.76. The Kier molecular flexibility index (Phi) is 2.95. The van der Waals surface area contributed by atoms with Gasteiger partial charge in [0.25, 0.3) is 6.08 Å². The van der Waals surface area contributed by atoms with Crippen LogP contribution in [-0.2, 0) is 0 Å². The Balaban J connectivity index is 4.80. The zero-order chi connectivity index (χ0) is 9.23. The topological polar surface area (TPSA) is 0 Å². The molecule has 0 aliphatic carbocycles. The standard InChI is InChI=1S/C3BF7/c5-2(6)1(4(10)11)3(7,8)9. The van der Waals surface area contributed by atoms with E-state index in [0.717, 1.165) is 0 Å². The predicted molar refractivity (Wildman–Crippen MR) is 23.3 cm³/mol. The molecule has 0 aliphatic rings. The molecule has 0 radical (unpaired) electrons. The summed E-state index contributed by atoms with van der Waals surface area (Å²) in [5, 5.41) is 0. The molecule has 0 aliphatic heterocycles. The molecule has 0 heterocycles. The van der Waals surface area contributed by atoms with Crippen LogP contribution in [0.2, 0.25) is 0 Å². The Morgan fingerprint density at radius 2 is 1.36 bits per heavy atom. The number of halogens is 7. The van der Waals surface area contributed by atoms with Gasteiger partial charge in [0, 0.05) is 0 Å². The first-order valence-electron chi connectivity index (χ1n) is 2.17. The van der Waals surface area contributed by atoms with Crippen molar-refractivity contribution in [2.75, 3.05) is 0 Å². The van der Waals surface area contributed by atoms with E-state index in [9.17, 15) is 30.6 Å². The molecule has 0 aromatic carbocycles. The predicted octanol–water partition coefficient (Wildman–Crippen LogP) is 2.67. The van der Waals surface area contributed by atoms with Crippen molar-refractivity contribution in [2.24, 2.45) is 0 Å². The van der Waals surface area contributed by atoms with Gasteiger partial charge in [-0.05, 0) is 0 Å². The third-order valence-corrected chi connectivity index (χ3v) is 0.727. The van der Waals surface area contributed by atoms with Crippen LogP contribution in [-0.4, -0.2) is 13.4 Å². The van der Waals surface area contributed by atoms with Gasteiger partial charge in [-0.1, -0.05) is 0 Å².